The van der Waals surface area contributed by atoms with Gasteiger partial charge in [0.25, 0.3) is 0 Å². The number of para-hydroxylation sites is 1. The lowest BCUT2D eigenvalue weighted by molar-refractivity contribution is -0.142. The average Bonchev–Trinajstić information content (AvgIpc) is 2.73. The fourth-order valence-electron chi connectivity index (χ4n) is 2.83. The lowest BCUT2D eigenvalue weighted by Gasteiger charge is -2.24. The Hall–Kier alpha value is -2.31. The second-order valence-electron chi connectivity index (χ2n) is 5.67. The predicted octanol–water partition coefficient (Wildman–Crippen LogP) is 2.76. The minimum Gasteiger partial charge on any atom is -0.465 e. The third kappa shape index (κ3) is 3.70. The maximum Gasteiger partial charge on any atom is 0.326 e. The summed E-state index contributed by atoms with van der Waals surface area (Å²) in [6, 6.07) is 16.5. The van der Waals surface area contributed by atoms with E-state index >= 15 is 0 Å². The number of nitrogens with two attached hydrogens (primary N) is 1. The van der Waals surface area contributed by atoms with Gasteiger partial charge in [0.1, 0.15) is 12.6 Å². The van der Waals surface area contributed by atoms with E-state index in [1.807, 2.05) is 54.6 Å². The molecular weight excluding hydrogens is 336 g/mol. The van der Waals surface area contributed by atoms with Gasteiger partial charge in [0.05, 0.1) is 17.5 Å². The Balaban J connectivity index is 2.00. The van der Waals surface area contributed by atoms with Crippen LogP contribution in [0.1, 0.15) is 17.7 Å². The van der Waals surface area contributed by atoms with Crippen LogP contribution in [0.3, 0.4) is 0 Å². The van der Waals surface area contributed by atoms with E-state index in [9.17, 15) is 9.59 Å². The topological polar surface area (TPSA) is 72.6 Å². The standard InChI is InChI=1S/C19H20N2O3S/c1-2-24-16(22)12-21-14-10-6-7-11-15(14)25-18(17(20)19(21)23)13-8-4-3-5-9-13/h3-11,17-18H,2,12,20H2,1H3/t17-,18-/m1/s1. The summed E-state index contributed by atoms with van der Waals surface area (Å²) in [6.45, 7) is 1.87. The molecule has 3 rings (SSSR count). The number of amides is 1. The van der Waals surface area contributed by atoms with E-state index in [0.717, 1.165) is 10.5 Å². The second kappa shape index (κ2) is 7.72. The third-order valence-electron chi connectivity index (χ3n) is 4.01. The molecule has 0 saturated carbocycles. The molecule has 0 aromatic heterocycles. The minimum atomic E-state index is -0.755. The highest BCUT2D eigenvalue weighted by molar-refractivity contribution is 7.99. The summed E-state index contributed by atoms with van der Waals surface area (Å²) < 4.78 is 5.02. The Morgan fingerprint density at radius 3 is 2.56 bits per heavy atom. The Bertz CT molecular complexity index is 766. The first-order valence-electron chi connectivity index (χ1n) is 8.15. The number of thioether (sulfide) groups is 1. The molecule has 1 aliphatic heterocycles. The summed E-state index contributed by atoms with van der Waals surface area (Å²) in [5.41, 5.74) is 7.99. The van der Waals surface area contributed by atoms with Crippen LogP contribution in [0.4, 0.5) is 5.69 Å². The van der Waals surface area contributed by atoms with E-state index in [1.165, 1.54) is 4.90 Å². The Morgan fingerprint density at radius 1 is 1.16 bits per heavy atom. The van der Waals surface area contributed by atoms with Crippen LogP contribution in [-0.2, 0) is 14.3 Å². The number of rotatable bonds is 4. The van der Waals surface area contributed by atoms with Gasteiger partial charge in [0, 0.05) is 4.90 Å². The number of ether oxygens (including phenoxy) is 1. The first-order chi connectivity index (χ1) is 12.1. The Kier molecular flexibility index (Phi) is 5.40. The van der Waals surface area contributed by atoms with Gasteiger partial charge in [-0.1, -0.05) is 42.5 Å². The molecule has 25 heavy (non-hydrogen) atoms. The summed E-state index contributed by atoms with van der Waals surface area (Å²) in [7, 11) is 0. The first kappa shape index (κ1) is 17.5. The molecular formula is C19H20N2O3S. The van der Waals surface area contributed by atoms with Crippen LogP contribution in [0, 0.1) is 0 Å². The quantitative estimate of drug-likeness (QED) is 0.853. The van der Waals surface area contributed by atoms with E-state index < -0.39 is 12.0 Å². The van der Waals surface area contributed by atoms with E-state index in [2.05, 4.69) is 0 Å². The molecule has 2 atom stereocenters. The smallest absolute Gasteiger partial charge is 0.326 e. The molecule has 0 unspecified atom stereocenters. The number of carbonyl (C=O) groups excluding carboxylic acids is 2. The number of carbonyl (C=O) groups is 2. The molecule has 0 saturated heterocycles. The molecule has 2 N–H and O–H groups in total. The first-order valence-corrected chi connectivity index (χ1v) is 9.03. The van der Waals surface area contributed by atoms with Crippen LogP contribution in [-0.4, -0.2) is 31.1 Å². The maximum atomic E-state index is 13.0. The van der Waals surface area contributed by atoms with Crippen molar-refractivity contribution in [3.8, 4) is 0 Å². The zero-order valence-electron chi connectivity index (χ0n) is 13.9. The van der Waals surface area contributed by atoms with Gasteiger partial charge < -0.3 is 10.5 Å². The van der Waals surface area contributed by atoms with Crippen molar-refractivity contribution in [2.45, 2.75) is 23.1 Å². The van der Waals surface area contributed by atoms with Gasteiger partial charge in [0.15, 0.2) is 0 Å². The molecule has 0 aliphatic carbocycles. The molecule has 1 aliphatic rings. The lowest BCUT2D eigenvalue weighted by atomic mass is 10.0. The largest absolute Gasteiger partial charge is 0.465 e. The highest BCUT2D eigenvalue weighted by Crippen LogP contribution is 2.44. The third-order valence-corrected chi connectivity index (χ3v) is 5.43. The van der Waals surface area contributed by atoms with Crippen LogP contribution in [0.25, 0.3) is 0 Å². The van der Waals surface area contributed by atoms with E-state index in [1.54, 1.807) is 18.7 Å². The van der Waals surface area contributed by atoms with Crippen LogP contribution in [0.2, 0.25) is 0 Å². The summed E-state index contributed by atoms with van der Waals surface area (Å²) >= 11 is 1.55. The minimum absolute atomic E-state index is 0.139. The van der Waals surface area contributed by atoms with Crippen molar-refractivity contribution < 1.29 is 14.3 Å². The van der Waals surface area contributed by atoms with E-state index in [4.69, 9.17) is 10.5 Å². The van der Waals surface area contributed by atoms with Gasteiger partial charge in [-0.15, -0.1) is 11.8 Å². The van der Waals surface area contributed by atoms with E-state index in [-0.39, 0.29) is 24.3 Å². The monoisotopic (exact) mass is 356 g/mol. The van der Waals surface area contributed by atoms with Crippen molar-refractivity contribution in [1.29, 1.82) is 0 Å². The van der Waals surface area contributed by atoms with Crippen molar-refractivity contribution in [3.05, 3.63) is 60.2 Å². The fraction of sp³-hybridized carbons (Fsp3) is 0.263. The fourth-order valence-corrected chi connectivity index (χ4v) is 4.12. The highest BCUT2D eigenvalue weighted by atomic mass is 32.2. The van der Waals surface area contributed by atoms with Crippen LogP contribution >= 0.6 is 11.8 Å². The number of benzene rings is 2. The number of nitrogens with zero attached hydrogens (tertiary/aromatic N) is 1. The van der Waals surface area contributed by atoms with Gasteiger partial charge in [-0.05, 0) is 24.6 Å². The molecule has 0 radical (unpaired) electrons. The zero-order valence-corrected chi connectivity index (χ0v) is 14.7. The second-order valence-corrected chi connectivity index (χ2v) is 6.86. The number of esters is 1. The summed E-state index contributed by atoms with van der Waals surface area (Å²) in [5, 5.41) is -0.220. The Labute approximate surface area is 151 Å². The van der Waals surface area contributed by atoms with E-state index in [0.29, 0.717) is 5.69 Å². The van der Waals surface area contributed by atoms with Gasteiger partial charge in [-0.25, -0.2) is 0 Å². The molecule has 0 fully saturated rings. The molecule has 2 aromatic rings. The maximum absolute atomic E-state index is 13.0. The summed E-state index contributed by atoms with van der Waals surface area (Å²) in [4.78, 5) is 27.3. The van der Waals surface area contributed by atoms with Crippen LogP contribution in [0.15, 0.2) is 59.5 Å². The van der Waals surface area contributed by atoms with Gasteiger partial charge in [-0.3, -0.25) is 14.5 Å². The van der Waals surface area contributed by atoms with Crippen molar-refractivity contribution in [1.82, 2.24) is 0 Å². The van der Waals surface area contributed by atoms with Crippen molar-refractivity contribution >= 4 is 29.3 Å². The molecule has 5 nitrogen and oxygen atoms in total. The highest BCUT2D eigenvalue weighted by Gasteiger charge is 2.36. The zero-order chi connectivity index (χ0) is 17.8. The number of fused-ring (bicyclic) bond motifs is 1. The van der Waals surface area contributed by atoms with Gasteiger partial charge in [-0.2, -0.15) is 0 Å². The molecule has 130 valence electrons. The predicted molar refractivity (Wildman–Crippen MR) is 98.4 cm³/mol. The normalized spacial score (nSPS) is 19.9. The summed E-state index contributed by atoms with van der Waals surface area (Å²) in [5.74, 6) is -0.722. The molecule has 1 amide bonds. The molecule has 2 aromatic carbocycles. The van der Waals surface area contributed by atoms with Crippen molar-refractivity contribution in [2.24, 2.45) is 5.73 Å². The summed E-state index contributed by atoms with van der Waals surface area (Å²) in [6.07, 6.45) is 0. The van der Waals surface area contributed by atoms with Gasteiger partial charge >= 0.3 is 5.97 Å². The molecule has 0 spiro atoms. The number of anilines is 1. The molecule has 0 bridgehead atoms. The average molecular weight is 356 g/mol. The number of hydrogen-bond donors (Lipinski definition) is 1. The molecule has 6 heteroatoms. The Morgan fingerprint density at radius 2 is 1.84 bits per heavy atom. The van der Waals surface area contributed by atoms with Crippen molar-refractivity contribution in [2.75, 3.05) is 18.1 Å². The van der Waals surface area contributed by atoms with Gasteiger partial charge in [0.2, 0.25) is 5.91 Å². The van der Waals surface area contributed by atoms with Crippen molar-refractivity contribution in [3.63, 3.8) is 0 Å². The SMILES string of the molecule is CCOC(=O)CN1C(=O)[C@H](N)[C@@H](c2ccccc2)Sc2ccccc21. The molecule has 1 heterocycles. The van der Waals surface area contributed by atoms with Crippen LogP contribution in [0.5, 0.6) is 0 Å². The number of hydrogen-bond acceptors (Lipinski definition) is 5. The van der Waals surface area contributed by atoms with Crippen LogP contribution < -0.4 is 10.6 Å². The lowest BCUT2D eigenvalue weighted by Crippen LogP contribution is -2.47.